The Morgan fingerprint density at radius 3 is 2.50 bits per heavy atom. The monoisotopic (exact) mass is 277 g/mol. The fourth-order valence-corrected chi connectivity index (χ4v) is 2.26. The van der Waals surface area contributed by atoms with Crippen molar-refractivity contribution in [3.8, 4) is 5.75 Å². The Bertz CT molecular complexity index is 387. The van der Waals surface area contributed by atoms with Gasteiger partial charge in [0.15, 0.2) is 0 Å². The van der Waals surface area contributed by atoms with Crippen molar-refractivity contribution in [2.75, 3.05) is 13.2 Å². The molecule has 0 saturated heterocycles. The Balaban J connectivity index is 2.64. The van der Waals surface area contributed by atoms with Gasteiger partial charge in [-0.3, -0.25) is 0 Å². The van der Waals surface area contributed by atoms with Crippen LogP contribution in [0.5, 0.6) is 5.75 Å². The summed E-state index contributed by atoms with van der Waals surface area (Å²) in [4.78, 5) is 0. The first-order chi connectivity index (χ1) is 9.58. The average Bonchev–Trinajstić information content (AvgIpc) is 2.43. The lowest BCUT2D eigenvalue weighted by atomic mass is 10.0. The summed E-state index contributed by atoms with van der Waals surface area (Å²) >= 11 is 0. The summed E-state index contributed by atoms with van der Waals surface area (Å²) in [7, 11) is 0. The molecular weight excluding hydrogens is 246 g/mol. The van der Waals surface area contributed by atoms with E-state index in [1.807, 2.05) is 0 Å². The largest absolute Gasteiger partial charge is 0.492 e. The van der Waals surface area contributed by atoms with Crippen LogP contribution in [-0.4, -0.2) is 19.2 Å². The maximum Gasteiger partial charge on any atom is 0.122 e. The zero-order valence-electron chi connectivity index (χ0n) is 13.8. The summed E-state index contributed by atoms with van der Waals surface area (Å²) in [6.45, 7) is 12.8. The van der Waals surface area contributed by atoms with E-state index in [9.17, 15) is 0 Å². The predicted molar refractivity (Wildman–Crippen MR) is 87.8 cm³/mol. The van der Waals surface area contributed by atoms with Crippen LogP contribution < -0.4 is 10.1 Å². The van der Waals surface area contributed by atoms with Gasteiger partial charge < -0.3 is 10.1 Å². The molecule has 0 heterocycles. The normalized spacial score (nSPS) is 12.7. The van der Waals surface area contributed by atoms with Crippen LogP contribution in [0.4, 0.5) is 0 Å². The first-order valence-electron chi connectivity index (χ1n) is 8.05. The van der Waals surface area contributed by atoms with Crippen molar-refractivity contribution in [2.24, 2.45) is 0 Å². The summed E-state index contributed by atoms with van der Waals surface area (Å²) in [5, 5.41) is 3.57. The topological polar surface area (TPSA) is 21.3 Å². The molecule has 1 aromatic carbocycles. The van der Waals surface area contributed by atoms with E-state index in [2.05, 4.69) is 58.1 Å². The lowest BCUT2D eigenvalue weighted by Crippen LogP contribution is -2.35. The second-order valence-electron chi connectivity index (χ2n) is 5.93. The van der Waals surface area contributed by atoms with E-state index in [0.29, 0.717) is 12.0 Å². The van der Waals surface area contributed by atoms with E-state index in [1.54, 1.807) is 0 Å². The van der Waals surface area contributed by atoms with Crippen molar-refractivity contribution in [3.05, 3.63) is 29.3 Å². The second kappa shape index (κ2) is 9.02. The summed E-state index contributed by atoms with van der Waals surface area (Å²) in [5.74, 6) is 1.58. The van der Waals surface area contributed by atoms with E-state index in [-0.39, 0.29) is 0 Å². The maximum atomic E-state index is 6.08. The number of ether oxygens (including phenoxy) is 1. The smallest absolute Gasteiger partial charge is 0.122 e. The standard InChI is InChI=1S/C18H31NO/c1-6-8-17(19-11-7-2)13-20-18-12-16(14(3)4)10-9-15(18)5/h9-10,12,14,17,19H,6-8,11,13H2,1-5H3. The van der Waals surface area contributed by atoms with Gasteiger partial charge in [-0.2, -0.15) is 0 Å². The molecule has 0 spiro atoms. The van der Waals surface area contributed by atoms with Crippen LogP contribution in [0.2, 0.25) is 0 Å². The second-order valence-corrected chi connectivity index (χ2v) is 5.93. The lowest BCUT2D eigenvalue weighted by Gasteiger charge is -2.20. The van der Waals surface area contributed by atoms with Gasteiger partial charge in [0.05, 0.1) is 0 Å². The van der Waals surface area contributed by atoms with Crippen LogP contribution in [0, 0.1) is 6.92 Å². The molecule has 0 aromatic heterocycles. The molecule has 0 bridgehead atoms. The molecule has 0 aliphatic carbocycles. The number of nitrogens with one attached hydrogen (secondary N) is 1. The van der Waals surface area contributed by atoms with Crippen molar-refractivity contribution in [1.29, 1.82) is 0 Å². The Morgan fingerprint density at radius 2 is 1.90 bits per heavy atom. The lowest BCUT2D eigenvalue weighted by molar-refractivity contribution is 0.254. The maximum absolute atomic E-state index is 6.08. The molecule has 114 valence electrons. The number of rotatable bonds is 9. The van der Waals surface area contributed by atoms with Gasteiger partial charge in [0.25, 0.3) is 0 Å². The first kappa shape index (κ1) is 17.0. The van der Waals surface area contributed by atoms with Gasteiger partial charge in [-0.1, -0.05) is 46.2 Å². The first-order valence-corrected chi connectivity index (χ1v) is 8.05. The zero-order valence-corrected chi connectivity index (χ0v) is 13.8. The molecule has 1 aromatic rings. The van der Waals surface area contributed by atoms with Crippen LogP contribution in [0.15, 0.2) is 18.2 Å². The molecule has 0 fully saturated rings. The molecule has 20 heavy (non-hydrogen) atoms. The van der Waals surface area contributed by atoms with Gasteiger partial charge in [-0.15, -0.1) is 0 Å². The highest BCUT2D eigenvalue weighted by Crippen LogP contribution is 2.24. The molecule has 2 nitrogen and oxygen atoms in total. The molecular formula is C18H31NO. The molecule has 2 heteroatoms. The number of aryl methyl sites for hydroxylation is 1. The van der Waals surface area contributed by atoms with E-state index >= 15 is 0 Å². The SMILES string of the molecule is CCCNC(CCC)COc1cc(C(C)C)ccc1C. The van der Waals surface area contributed by atoms with Gasteiger partial charge in [0.1, 0.15) is 12.4 Å². The third-order valence-electron chi connectivity index (χ3n) is 3.64. The van der Waals surface area contributed by atoms with E-state index in [4.69, 9.17) is 4.74 Å². The van der Waals surface area contributed by atoms with Crippen LogP contribution in [-0.2, 0) is 0 Å². The van der Waals surface area contributed by atoms with Crippen LogP contribution >= 0.6 is 0 Å². The summed E-state index contributed by atoms with van der Waals surface area (Å²) in [6.07, 6.45) is 3.53. The molecule has 1 atom stereocenters. The Morgan fingerprint density at radius 1 is 1.15 bits per heavy atom. The Hall–Kier alpha value is -1.02. The Labute approximate surface area is 124 Å². The van der Waals surface area contributed by atoms with Gasteiger partial charge >= 0.3 is 0 Å². The van der Waals surface area contributed by atoms with Crippen molar-refractivity contribution in [2.45, 2.75) is 65.8 Å². The summed E-state index contributed by atoms with van der Waals surface area (Å²) < 4.78 is 6.08. The Kier molecular flexibility index (Phi) is 7.68. The van der Waals surface area contributed by atoms with Crippen molar-refractivity contribution in [1.82, 2.24) is 5.32 Å². The molecule has 1 N–H and O–H groups in total. The van der Waals surface area contributed by atoms with E-state index in [0.717, 1.165) is 18.9 Å². The molecule has 0 radical (unpaired) electrons. The molecule has 0 aliphatic heterocycles. The van der Waals surface area contributed by atoms with Crippen molar-refractivity contribution in [3.63, 3.8) is 0 Å². The quantitative estimate of drug-likeness (QED) is 0.708. The fourth-order valence-electron chi connectivity index (χ4n) is 2.26. The highest BCUT2D eigenvalue weighted by Gasteiger charge is 2.10. The number of benzene rings is 1. The molecule has 0 amide bonds. The van der Waals surface area contributed by atoms with Crippen molar-refractivity contribution < 1.29 is 4.74 Å². The minimum atomic E-state index is 0.460. The van der Waals surface area contributed by atoms with Gasteiger partial charge in [0.2, 0.25) is 0 Å². The van der Waals surface area contributed by atoms with Gasteiger partial charge in [-0.05, 0) is 49.4 Å². The summed E-state index contributed by atoms with van der Waals surface area (Å²) in [6, 6.07) is 7.02. The van der Waals surface area contributed by atoms with Gasteiger partial charge in [0, 0.05) is 6.04 Å². The minimum Gasteiger partial charge on any atom is -0.492 e. The predicted octanol–water partition coefficient (Wildman–Crippen LogP) is 4.67. The average molecular weight is 277 g/mol. The van der Waals surface area contributed by atoms with Crippen LogP contribution in [0.1, 0.15) is 64.0 Å². The third-order valence-corrected chi connectivity index (χ3v) is 3.64. The highest BCUT2D eigenvalue weighted by molar-refractivity contribution is 5.37. The summed E-state index contributed by atoms with van der Waals surface area (Å²) in [5.41, 5.74) is 2.57. The fraction of sp³-hybridized carbons (Fsp3) is 0.667. The molecule has 0 saturated carbocycles. The van der Waals surface area contributed by atoms with E-state index in [1.165, 1.54) is 30.4 Å². The third kappa shape index (κ3) is 5.54. The molecule has 1 unspecified atom stereocenters. The van der Waals surface area contributed by atoms with Crippen molar-refractivity contribution >= 4 is 0 Å². The molecule has 1 rings (SSSR count). The number of hydrogen-bond donors (Lipinski definition) is 1. The molecule has 0 aliphatic rings. The van der Waals surface area contributed by atoms with Crippen LogP contribution in [0.3, 0.4) is 0 Å². The minimum absolute atomic E-state index is 0.460. The zero-order chi connectivity index (χ0) is 15.0. The highest BCUT2D eigenvalue weighted by atomic mass is 16.5. The van der Waals surface area contributed by atoms with Gasteiger partial charge in [-0.25, -0.2) is 0 Å². The number of hydrogen-bond acceptors (Lipinski definition) is 2. The van der Waals surface area contributed by atoms with Crippen LogP contribution in [0.25, 0.3) is 0 Å². The van der Waals surface area contributed by atoms with E-state index < -0.39 is 0 Å².